The molecule has 1 atom stereocenters. The van der Waals surface area contributed by atoms with Crippen molar-refractivity contribution in [3.63, 3.8) is 0 Å². The second-order valence-corrected chi connectivity index (χ2v) is 6.81. The summed E-state index contributed by atoms with van der Waals surface area (Å²) < 4.78 is 5.89. The Balaban J connectivity index is 1.77. The number of rotatable bonds is 5. The lowest BCUT2D eigenvalue weighted by Crippen LogP contribution is -2.29. The average molecular weight is 276 g/mol. The van der Waals surface area contributed by atoms with Crippen LogP contribution in [0.1, 0.15) is 32.8 Å². The molecule has 1 aromatic carbocycles. The summed E-state index contributed by atoms with van der Waals surface area (Å²) in [5.41, 5.74) is 7.22. The molecule has 0 aliphatic carbocycles. The molecule has 20 heavy (non-hydrogen) atoms. The van der Waals surface area contributed by atoms with Gasteiger partial charge in [0.1, 0.15) is 12.4 Å². The first-order chi connectivity index (χ1) is 9.50. The fourth-order valence-corrected chi connectivity index (χ4v) is 2.84. The summed E-state index contributed by atoms with van der Waals surface area (Å²) >= 11 is 0. The Hall–Kier alpha value is -1.06. The van der Waals surface area contributed by atoms with Gasteiger partial charge in [0.25, 0.3) is 0 Å². The number of benzene rings is 1. The summed E-state index contributed by atoms with van der Waals surface area (Å²) in [4.78, 5) is 2.51. The third kappa shape index (κ3) is 3.97. The second kappa shape index (κ2) is 6.59. The molecule has 1 unspecified atom stereocenters. The van der Waals surface area contributed by atoms with Crippen LogP contribution >= 0.6 is 0 Å². The van der Waals surface area contributed by atoms with Gasteiger partial charge in [-0.25, -0.2) is 0 Å². The smallest absolute Gasteiger partial charge is 0.123 e. The van der Waals surface area contributed by atoms with Crippen molar-refractivity contribution >= 4 is 0 Å². The van der Waals surface area contributed by atoms with Crippen LogP contribution in [0.2, 0.25) is 0 Å². The van der Waals surface area contributed by atoms with Crippen molar-refractivity contribution in [2.75, 3.05) is 26.2 Å². The summed E-state index contributed by atoms with van der Waals surface area (Å²) in [5, 5.41) is 0. The Morgan fingerprint density at radius 2 is 2.05 bits per heavy atom. The van der Waals surface area contributed by atoms with Crippen LogP contribution in [0.3, 0.4) is 0 Å². The first-order valence-corrected chi connectivity index (χ1v) is 7.64. The lowest BCUT2D eigenvalue weighted by molar-refractivity contribution is 0.202. The van der Waals surface area contributed by atoms with E-state index in [2.05, 4.69) is 25.7 Å². The number of hydrogen-bond acceptors (Lipinski definition) is 3. The summed E-state index contributed by atoms with van der Waals surface area (Å²) in [7, 11) is 0. The highest BCUT2D eigenvalue weighted by molar-refractivity contribution is 5.32. The standard InChI is InChI=1S/C17H28N2O/c1-17(2,3)15-8-9-19(13-15)10-11-20-16-7-5-4-6-14(16)12-18/h4-7,15H,8-13,18H2,1-3H3. The molecule has 0 spiro atoms. The van der Waals surface area contributed by atoms with Gasteiger partial charge >= 0.3 is 0 Å². The van der Waals surface area contributed by atoms with Crippen LogP contribution in [0.25, 0.3) is 0 Å². The largest absolute Gasteiger partial charge is 0.492 e. The number of ether oxygens (including phenoxy) is 1. The summed E-state index contributed by atoms with van der Waals surface area (Å²) in [6, 6.07) is 8.04. The molecule has 0 saturated carbocycles. The number of likely N-dealkylation sites (tertiary alicyclic amines) is 1. The van der Waals surface area contributed by atoms with Gasteiger partial charge in [0, 0.05) is 25.2 Å². The molecule has 1 aromatic rings. The summed E-state index contributed by atoms with van der Waals surface area (Å²) in [6.45, 7) is 11.7. The zero-order valence-corrected chi connectivity index (χ0v) is 13.1. The van der Waals surface area contributed by atoms with E-state index in [0.29, 0.717) is 12.0 Å². The van der Waals surface area contributed by atoms with Crippen LogP contribution in [-0.2, 0) is 6.54 Å². The highest BCUT2D eigenvalue weighted by Crippen LogP contribution is 2.33. The van der Waals surface area contributed by atoms with Gasteiger partial charge in [-0.3, -0.25) is 4.90 Å². The fraction of sp³-hybridized carbons (Fsp3) is 0.647. The second-order valence-electron chi connectivity index (χ2n) is 6.81. The topological polar surface area (TPSA) is 38.5 Å². The molecule has 2 N–H and O–H groups in total. The van der Waals surface area contributed by atoms with Crippen LogP contribution < -0.4 is 10.5 Å². The van der Waals surface area contributed by atoms with Crippen LogP contribution in [0.5, 0.6) is 5.75 Å². The predicted octanol–water partition coefficient (Wildman–Crippen LogP) is 2.89. The number of nitrogens with zero attached hydrogens (tertiary/aromatic N) is 1. The SMILES string of the molecule is CC(C)(C)C1CCN(CCOc2ccccc2CN)C1. The van der Waals surface area contributed by atoms with Crippen LogP contribution in [0, 0.1) is 11.3 Å². The maximum atomic E-state index is 5.89. The van der Waals surface area contributed by atoms with Gasteiger partial charge in [-0.1, -0.05) is 39.0 Å². The quantitative estimate of drug-likeness (QED) is 0.898. The van der Waals surface area contributed by atoms with Gasteiger partial charge in [-0.05, 0) is 30.4 Å². The molecule has 3 heteroatoms. The van der Waals surface area contributed by atoms with Crippen LogP contribution in [-0.4, -0.2) is 31.1 Å². The third-order valence-electron chi connectivity index (χ3n) is 4.35. The van der Waals surface area contributed by atoms with E-state index in [0.717, 1.165) is 30.4 Å². The van der Waals surface area contributed by atoms with Gasteiger partial charge < -0.3 is 10.5 Å². The molecular formula is C17H28N2O. The van der Waals surface area contributed by atoms with E-state index in [1.165, 1.54) is 19.5 Å². The molecule has 1 heterocycles. The van der Waals surface area contributed by atoms with Crippen molar-refractivity contribution in [2.24, 2.45) is 17.1 Å². The Bertz CT molecular complexity index is 425. The van der Waals surface area contributed by atoms with E-state index in [9.17, 15) is 0 Å². The highest BCUT2D eigenvalue weighted by atomic mass is 16.5. The zero-order valence-electron chi connectivity index (χ0n) is 13.1. The van der Waals surface area contributed by atoms with Crippen LogP contribution in [0.4, 0.5) is 0 Å². The van der Waals surface area contributed by atoms with E-state index < -0.39 is 0 Å². The summed E-state index contributed by atoms with van der Waals surface area (Å²) in [5.74, 6) is 1.74. The lowest BCUT2D eigenvalue weighted by atomic mass is 9.80. The molecular weight excluding hydrogens is 248 g/mol. The average Bonchev–Trinajstić information content (AvgIpc) is 2.88. The Kier molecular flexibility index (Phi) is 5.06. The van der Waals surface area contributed by atoms with E-state index in [-0.39, 0.29) is 0 Å². The molecule has 0 amide bonds. The molecule has 2 rings (SSSR count). The molecule has 1 aliphatic rings. The number of nitrogens with two attached hydrogens (primary N) is 1. The molecule has 1 aliphatic heterocycles. The Labute approximate surface area is 123 Å². The highest BCUT2D eigenvalue weighted by Gasteiger charge is 2.31. The third-order valence-corrected chi connectivity index (χ3v) is 4.35. The van der Waals surface area contributed by atoms with Gasteiger partial charge in [0.05, 0.1) is 0 Å². The molecule has 3 nitrogen and oxygen atoms in total. The maximum absolute atomic E-state index is 5.89. The van der Waals surface area contributed by atoms with Gasteiger partial charge in [-0.15, -0.1) is 0 Å². The maximum Gasteiger partial charge on any atom is 0.123 e. The van der Waals surface area contributed by atoms with E-state index in [1.807, 2.05) is 24.3 Å². The monoisotopic (exact) mass is 276 g/mol. The van der Waals surface area contributed by atoms with E-state index in [4.69, 9.17) is 10.5 Å². The molecule has 1 fully saturated rings. The minimum Gasteiger partial charge on any atom is -0.492 e. The Morgan fingerprint density at radius 1 is 1.30 bits per heavy atom. The number of hydrogen-bond donors (Lipinski definition) is 1. The summed E-state index contributed by atoms with van der Waals surface area (Å²) in [6.07, 6.45) is 1.31. The molecule has 0 radical (unpaired) electrons. The first kappa shape index (κ1) is 15.3. The van der Waals surface area contributed by atoms with Crippen molar-refractivity contribution in [2.45, 2.75) is 33.7 Å². The molecule has 0 bridgehead atoms. The molecule has 0 aromatic heterocycles. The predicted molar refractivity (Wildman–Crippen MR) is 83.8 cm³/mol. The number of para-hydroxylation sites is 1. The van der Waals surface area contributed by atoms with Gasteiger partial charge in [0.15, 0.2) is 0 Å². The van der Waals surface area contributed by atoms with Crippen molar-refractivity contribution in [3.05, 3.63) is 29.8 Å². The molecule has 1 saturated heterocycles. The lowest BCUT2D eigenvalue weighted by Gasteiger charge is -2.27. The van der Waals surface area contributed by atoms with E-state index in [1.54, 1.807) is 0 Å². The minimum atomic E-state index is 0.418. The molecule has 112 valence electrons. The van der Waals surface area contributed by atoms with Crippen molar-refractivity contribution in [1.29, 1.82) is 0 Å². The van der Waals surface area contributed by atoms with Crippen molar-refractivity contribution < 1.29 is 4.74 Å². The van der Waals surface area contributed by atoms with E-state index >= 15 is 0 Å². The van der Waals surface area contributed by atoms with Gasteiger partial charge in [0.2, 0.25) is 0 Å². The normalized spacial score (nSPS) is 20.3. The van der Waals surface area contributed by atoms with Crippen molar-refractivity contribution in [1.82, 2.24) is 4.90 Å². The minimum absolute atomic E-state index is 0.418. The first-order valence-electron chi connectivity index (χ1n) is 7.64. The Morgan fingerprint density at radius 3 is 2.70 bits per heavy atom. The van der Waals surface area contributed by atoms with Crippen LogP contribution in [0.15, 0.2) is 24.3 Å². The van der Waals surface area contributed by atoms with Gasteiger partial charge in [-0.2, -0.15) is 0 Å². The fourth-order valence-electron chi connectivity index (χ4n) is 2.84. The van der Waals surface area contributed by atoms with Crippen molar-refractivity contribution in [3.8, 4) is 5.75 Å². The zero-order chi connectivity index (χ0) is 14.6.